The van der Waals surface area contributed by atoms with Gasteiger partial charge in [0, 0.05) is 4.78 Å². The van der Waals surface area contributed by atoms with E-state index in [1.165, 1.54) is 11.3 Å². The molecule has 2 N–H and O–H groups in total. The summed E-state index contributed by atoms with van der Waals surface area (Å²) in [7, 11) is -1.41. The molecule has 13 heavy (non-hydrogen) atoms. The molecule has 0 radical (unpaired) electrons. The van der Waals surface area contributed by atoms with Crippen LogP contribution >= 0.6 is 22.9 Å². The maximum Gasteiger partial charge on any atom is 0.499 e. The van der Waals surface area contributed by atoms with Gasteiger partial charge in [-0.3, -0.25) is 0 Å². The van der Waals surface area contributed by atoms with E-state index in [0.29, 0.717) is 9.80 Å². The summed E-state index contributed by atoms with van der Waals surface area (Å²) in [6.07, 6.45) is 0. The van der Waals surface area contributed by atoms with E-state index in [1.807, 2.05) is 12.1 Å². The van der Waals surface area contributed by atoms with Gasteiger partial charge in [-0.05, 0) is 17.5 Å². The lowest BCUT2D eigenvalue weighted by Gasteiger charge is -1.90. The van der Waals surface area contributed by atoms with Crippen molar-refractivity contribution < 1.29 is 10.0 Å². The Morgan fingerprint density at radius 3 is 2.69 bits per heavy atom. The fourth-order valence-corrected chi connectivity index (χ4v) is 2.41. The minimum atomic E-state index is -1.41. The first-order chi connectivity index (χ1) is 6.18. The lowest BCUT2D eigenvalue weighted by atomic mass is 9.89. The highest BCUT2D eigenvalue weighted by atomic mass is 35.5. The van der Waals surface area contributed by atoms with Gasteiger partial charge in [-0.2, -0.15) is 0 Å². The van der Waals surface area contributed by atoms with Gasteiger partial charge in [0.1, 0.15) is 0 Å². The molecule has 1 aromatic carbocycles. The molecular formula is C8H6BClO2S. The number of hydrogen-bond acceptors (Lipinski definition) is 3. The van der Waals surface area contributed by atoms with Gasteiger partial charge < -0.3 is 10.0 Å². The van der Waals surface area contributed by atoms with Crippen LogP contribution in [-0.4, -0.2) is 17.2 Å². The minimum absolute atomic E-state index is 0.517. The predicted octanol–water partition coefficient (Wildman–Crippen LogP) is 1.23. The van der Waals surface area contributed by atoms with Crippen LogP contribution in [0.1, 0.15) is 0 Å². The maximum absolute atomic E-state index is 8.94. The normalized spacial score (nSPS) is 10.7. The van der Waals surface area contributed by atoms with Crippen molar-refractivity contribution >= 4 is 44.9 Å². The number of thiophene rings is 1. The van der Waals surface area contributed by atoms with Crippen molar-refractivity contribution in [1.82, 2.24) is 0 Å². The van der Waals surface area contributed by atoms with Gasteiger partial charge >= 0.3 is 7.12 Å². The second-order valence-electron chi connectivity index (χ2n) is 2.68. The zero-order valence-electron chi connectivity index (χ0n) is 6.57. The topological polar surface area (TPSA) is 40.5 Å². The largest absolute Gasteiger partial charge is 0.499 e. The second kappa shape index (κ2) is 3.31. The Labute approximate surface area is 84.5 Å². The molecule has 0 fully saturated rings. The highest BCUT2D eigenvalue weighted by Gasteiger charge is 2.15. The van der Waals surface area contributed by atoms with E-state index in [1.54, 1.807) is 12.1 Å². The van der Waals surface area contributed by atoms with Gasteiger partial charge in [0.2, 0.25) is 0 Å². The van der Waals surface area contributed by atoms with Crippen molar-refractivity contribution in [1.29, 1.82) is 0 Å². The van der Waals surface area contributed by atoms with E-state index in [9.17, 15) is 0 Å². The number of benzene rings is 1. The van der Waals surface area contributed by atoms with E-state index < -0.39 is 7.12 Å². The van der Waals surface area contributed by atoms with Gasteiger partial charge in [0.25, 0.3) is 0 Å². The van der Waals surface area contributed by atoms with E-state index in [4.69, 9.17) is 21.6 Å². The summed E-state index contributed by atoms with van der Waals surface area (Å²) in [6.45, 7) is 0. The van der Waals surface area contributed by atoms with E-state index >= 15 is 0 Å². The van der Waals surface area contributed by atoms with Crippen molar-refractivity contribution in [2.45, 2.75) is 0 Å². The van der Waals surface area contributed by atoms with Crippen LogP contribution in [0.15, 0.2) is 24.3 Å². The SMILES string of the molecule is OB(O)c1cc2cccc(Cl)c2s1. The standard InChI is InChI=1S/C8H6BClO2S/c10-6-3-1-2-5-4-7(9(11)12)13-8(5)6/h1-4,11-12H. The molecule has 0 aliphatic carbocycles. The molecular weight excluding hydrogens is 206 g/mol. The predicted molar refractivity (Wildman–Crippen MR) is 56.7 cm³/mol. The first-order valence-corrected chi connectivity index (χ1v) is 4.92. The summed E-state index contributed by atoms with van der Waals surface area (Å²) in [5.74, 6) is 0. The Balaban J connectivity index is 2.68. The van der Waals surface area contributed by atoms with Crippen LogP contribution in [0.4, 0.5) is 0 Å². The summed E-state index contributed by atoms with van der Waals surface area (Å²) in [5, 5.41) is 19.5. The Hall–Kier alpha value is -0.545. The minimum Gasteiger partial charge on any atom is -0.423 e. The molecule has 5 heteroatoms. The number of fused-ring (bicyclic) bond motifs is 1. The first kappa shape index (κ1) is 9.03. The second-order valence-corrected chi connectivity index (χ2v) is 4.17. The third-order valence-corrected chi connectivity index (χ3v) is 3.42. The van der Waals surface area contributed by atoms with Gasteiger partial charge in [0.15, 0.2) is 0 Å². The van der Waals surface area contributed by atoms with Crippen LogP contribution in [0, 0.1) is 0 Å². The molecule has 2 aromatic rings. The molecule has 1 aromatic heterocycles. The molecule has 0 saturated carbocycles. The monoisotopic (exact) mass is 212 g/mol. The Morgan fingerprint density at radius 1 is 1.31 bits per heavy atom. The highest BCUT2D eigenvalue weighted by Crippen LogP contribution is 2.26. The smallest absolute Gasteiger partial charge is 0.423 e. The highest BCUT2D eigenvalue weighted by molar-refractivity contribution is 7.28. The Morgan fingerprint density at radius 2 is 2.08 bits per heavy atom. The van der Waals surface area contributed by atoms with Crippen LogP contribution in [-0.2, 0) is 0 Å². The zero-order valence-corrected chi connectivity index (χ0v) is 8.14. The molecule has 66 valence electrons. The summed E-state index contributed by atoms with van der Waals surface area (Å²) in [5.41, 5.74) is 0. The molecule has 1 heterocycles. The average Bonchev–Trinajstić information content (AvgIpc) is 2.49. The van der Waals surface area contributed by atoms with Crippen LogP contribution < -0.4 is 4.78 Å². The third-order valence-electron chi connectivity index (χ3n) is 1.77. The molecule has 0 atom stereocenters. The zero-order chi connectivity index (χ0) is 9.42. The van der Waals surface area contributed by atoms with Crippen LogP contribution in [0.5, 0.6) is 0 Å². The summed E-state index contributed by atoms with van der Waals surface area (Å²) in [4.78, 5) is 0. The molecule has 0 amide bonds. The number of halogens is 1. The van der Waals surface area contributed by atoms with Crippen molar-refractivity contribution in [3.8, 4) is 0 Å². The van der Waals surface area contributed by atoms with Crippen molar-refractivity contribution in [3.63, 3.8) is 0 Å². The number of rotatable bonds is 1. The van der Waals surface area contributed by atoms with Gasteiger partial charge in [0.05, 0.1) is 9.72 Å². The lowest BCUT2D eigenvalue weighted by Crippen LogP contribution is -2.26. The fraction of sp³-hybridized carbons (Fsp3) is 0. The van der Waals surface area contributed by atoms with E-state index in [-0.39, 0.29) is 0 Å². The first-order valence-electron chi connectivity index (χ1n) is 3.72. The Kier molecular flexibility index (Phi) is 2.30. The number of hydrogen-bond donors (Lipinski definition) is 2. The molecule has 2 rings (SSSR count). The molecule has 0 saturated heterocycles. The summed E-state index contributed by atoms with van der Waals surface area (Å²) < 4.78 is 1.41. The molecule has 0 unspecified atom stereocenters. The molecule has 0 aliphatic rings. The van der Waals surface area contributed by atoms with E-state index in [0.717, 1.165) is 10.1 Å². The fourth-order valence-electron chi connectivity index (χ4n) is 1.17. The summed E-state index contributed by atoms with van der Waals surface area (Å²) in [6, 6.07) is 7.25. The van der Waals surface area contributed by atoms with Crippen LogP contribution in [0.3, 0.4) is 0 Å². The molecule has 0 aliphatic heterocycles. The summed E-state index contributed by atoms with van der Waals surface area (Å²) >= 11 is 7.22. The van der Waals surface area contributed by atoms with Crippen molar-refractivity contribution in [2.75, 3.05) is 0 Å². The third kappa shape index (κ3) is 1.58. The Bertz CT molecular complexity index is 441. The van der Waals surface area contributed by atoms with Crippen molar-refractivity contribution in [2.24, 2.45) is 0 Å². The van der Waals surface area contributed by atoms with Gasteiger partial charge in [-0.25, -0.2) is 0 Å². The van der Waals surface area contributed by atoms with Crippen molar-refractivity contribution in [3.05, 3.63) is 29.3 Å². The van der Waals surface area contributed by atoms with Crippen LogP contribution in [0.2, 0.25) is 5.02 Å². The van der Waals surface area contributed by atoms with E-state index in [2.05, 4.69) is 0 Å². The van der Waals surface area contributed by atoms with Gasteiger partial charge in [-0.15, -0.1) is 11.3 Å². The quantitative estimate of drug-likeness (QED) is 0.698. The average molecular weight is 212 g/mol. The molecule has 0 bridgehead atoms. The van der Waals surface area contributed by atoms with Gasteiger partial charge in [-0.1, -0.05) is 23.7 Å². The molecule has 2 nitrogen and oxygen atoms in total. The lowest BCUT2D eigenvalue weighted by molar-refractivity contribution is 0.427. The molecule has 0 spiro atoms. The van der Waals surface area contributed by atoms with Crippen LogP contribution in [0.25, 0.3) is 10.1 Å². The maximum atomic E-state index is 8.94.